The van der Waals surface area contributed by atoms with Crippen LogP contribution in [0.5, 0.6) is 0 Å². The van der Waals surface area contributed by atoms with Crippen molar-refractivity contribution in [1.82, 2.24) is 0 Å². The van der Waals surface area contributed by atoms with Crippen LogP contribution in [0.3, 0.4) is 0 Å². The molecule has 0 saturated heterocycles. The highest BCUT2D eigenvalue weighted by Crippen LogP contribution is 2.29. The molecule has 0 unspecified atom stereocenters. The summed E-state index contributed by atoms with van der Waals surface area (Å²) in [4.78, 5) is 15.5. The molecule has 0 heterocycles. The number of amides is 1. The van der Waals surface area contributed by atoms with Crippen molar-refractivity contribution in [3.05, 3.63) is 120 Å². The molecule has 1 aliphatic rings. The second-order valence-electron chi connectivity index (χ2n) is 6.90. The molecule has 0 spiro atoms. The quantitative estimate of drug-likeness (QED) is 0.506. The molecule has 0 saturated carbocycles. The molecule has 0 aliphatic heterocycles. The minimum absolute atomic E-state index is 0.00612. The van der Waals surface area contributed by atoms with E-state index < -0.39 is 0 Å². The van der Waals surface area contributed by atoms with Gasteiger partial charge in [0.2, 0.25) is 0 Å². The van der Waals surface area contributed by atoms with Crippen molar-refractivity contribution in [3.8, 4) is 0 Å². The largest absolute Gasteiger partial charge is 0.277 e. The van der Waals surface area contributed by atoms with Crippen LogP contribution in [0, 0.1) is 0 Å². The lowest BCUT2D eigenvalue weighted by molar-refractivity contribution is 0.0998. The Bertz CT molecular complexity index is 963. The van der Waals surface area contributed by atoms with Crippen molar-refractivity contribution in [2.75, 3.05) is 4.90 Å². The highest BCUT2D eigenvalue weighted by molar-refractivity contribution is 6.11. The predicted octanol–water partition coefficient (Wildman–Crippen LogP) is 6.48. The van der Waals surface area contributed by atoms with Gasteiger partial charge in [-0.2, -0.15) is 0 Å². The number of allylic oxidation sites excluding steroid dienone is 4. The van der Waals surface area contributed by atoms with Gasteiger partial charge in [-0.1, -0.05) is 72.8 Å². The predicted molar refractivity (Wildman–Crippen MR) is 116 cm³/mol. The van der Waals surface area contributed by atoms with Crippen LogP contribution in [0.15, 0.2) is 109 Å². The van der Waals surface area contributed by atoms with Gasteiger partial charge in [0.15, 0.2) is 0 Å². The number of carbonyl (C=O) groups is 1. The molecule has 3 aromatic carbocycles. The lowest BCUT2D eigenvalue weighted by atomic mass is 9.95. The summed E-state index contributed by atoms with van der Waals surface area (Å²) in [6.45, 7) is 0. The second-order valence-corrected chi connectivity index (χ2v) is 6.90. The van der Waals surface area contributed by atoms with Crippen molar-refractivity contribution < 1.29 is 4.79 Å². The highest BCUT2D eigenvalue weighted by atomic mass is 16.2. The number of para-hydroxylation sites is 2. The molecule has 28 heavy (non-hydrogen) atoms. The fraction of sp³-hybridized carbons (Fsp3) is 0.115. The van der Waals surface area contributed by atoms with E-state index in [2.05, 4.69) is 24.3 Å². The van der Waals surface area contributed by atoms with E-state index in [1.54, 1.807) is 4.90 Å². The Balaban J connectivity index is 1.74. The van der Waals surface area contributed by atoms with Crippen molar-refractivity contribution in [1.29, 1.82) is 0 Å². The Labute approximate surface area is 166 Å². The first-order valence-electron chi connectivity index (χ1n) is 9.71. The normalized spacial score (nSPS) is 13.1. The molecule has 0 aromatic heterocycles. The van der Waals surface area contributed by atoms with Crippen molar-refractivity contribution in [3.63, 3.8) is 0 Å². The average molecular weight is 365 g/mol. The maximum Gasteiger partial charge on any atom is 0.263 e. The second kappa shape index (κ2) is 8.53. The number of hydrogen-bond donors (Lipinski definition) is 0. The van der Waals surface area contributed by atoms with Gasteiger partial charge in [-0.3, -0.25) is 9.69 Å². The first kappa shape index (κ1) is 18.0. The van der Waals surface area contributed by atoms with Crippen LogP contribution in [-0.2, 0) is 6.42 Å². The zero-order chi connectivity index (χ0) is 19.2. The van der Waals surface area contributed by atoms with Crippen LogP contribution in [-0.4, -0.2) is 5.91 Å². The smallest absolute Gasteiger partial charge is 0.263 e. The van der Waals surface area contributed by atoms with E-state index in [4.69, 9.17) is 0 Å². The summed E-state index contributed by atoms with van der Waals surface area (Å²) in [5.41, 5.74) is 4.81. The van der Waals surface area contributed by atoms with Crippen LogP contribution >= 0.6 is 0 Å². The summed E-state index contributed by atoms with van der Waals surface area (Å²) in [5.74, 6) is -0.00612. The summed E-state index contributed by atoms with van der Waals surface area (Å²) in [5, 5.41) is 0. The van der Waals surface area contributed by atoms with Crippen LogP contribution in [0.1, 0.15) is 28.8 Å². The molecular formula is C26H23NO. The van der Waals surface area contributed by atoms with Gasteiger partial charge in [0, 0.05) is 16.9 Å². The molecular weight excluding hydrogens is 342 g/mol. The maximum absolute atomic E-state index is 13.7. The van der Waals surface area contributed by atoms with Crippen LogP contribution in [0.2, 0.25) is 0 Å². The molecule has 0 fully saturated rings. The maximum atomic E-state index is 13.7. The summed E-state index contributed by atoms with van der Waals surface area (Å²) in [6, 6.07) is 27.6. The lowest BCUT2D eigenvalue weighted by Gasteiger charge is -2.24. The molecule has 1 amide bonds. The molecule has 2 heteroatoms. The van der Waals surface area contributed by atoms with E-state index in [0.717, 1.165) is 41.8 Å². The topological polar surface area (TPSA) is 20.3 Å². The highest BCUT2D eigenvalue weighted by Gasteiger charge is 2.22. The Hall–Kier alpha value is -3.39. The van der Waals surface area contributed by atoms with Gasteiger partial charge >= 0.3 is 0 Å². The van der Waals surface area contributed by atoms with Crippen LogP contribution in [0.25, 0.3) is 0 Å². The minimum atomic E-state index is -0.00612. The van der Waals surface area contributed by atoms with Crippen LogP contribution < -0.4 is 4.90 Å². The number of rotatable bonds is 5. The first-order valence-corrected chi connectivity index (χ1v) is 9.71. The standard InChI is InChI=1S/C26H23NO/c28-26(25-19-11-10-14-22(25)20-21-12-4-1-5-13-21)27(23-15-6-2-7-16-23)24-17-8-3-9-18-24/h2-4,6-19H,1,5,20H2. The van der Waals surface area contributed by atoms with Crippen LogP contribution in [0.4, 0.5) is 11.4 Å². The number of anilines is 2. The Morgan fingerprint density at radius 3 is 1.96 bits per heavy atom. The molecule has 0 N–H and O–H groups in total. The number of nitrogens with zero attached hydrogens (tertiary/aromatic N) is 1. The van der Waals surface area contributed by atoms with Gasteiger partial charge in [-0.25, -0.2) is 0 Å². The summed E-state index contributed by atoms with van der Waals surface area (Å²) < 4.78 is 0. The fourth-order valence-electron chi connectivity index (χ4n) is 3.56. The fourth-order valence-corrected chi connectivity index (χ4v) is 3.56. The number of carbonyl (C=O) groups excluding carboxylic acids is 1. The lowest BCUT2D eigenvalue weighted by Crippen LogP contribution is -2.27. The van der Waals surface area contributed by atoms with E-state index in [-0.39, 0.29) is 5.91 Å². The Morgan fingerprint density at radius 1 is 0.750 bits per heavy atom. The molecule has 3 aromatic rings. The van der Waals surface area contributed by atoms with Gasteiger partial charge in [0.25, 0.3) is 5.91 Å². The summed E-state index contributed by atoms with van der Waals surface area (Å²) in [7, 11) is 0. The van der Waals surface area contributed by atoms with Gasteiger partial charge in [-0.15, -0.1) is 0 Å². The van der Waals surface area contributed by atoms with E-state index in [1.807, 2.05) is 78.9 Å². The average Bonchev–Trinajstić information content (AvgIpc) is 2.76. The van der Waals surface area contributed by atoms with Crippen molar-refractivity contribution in [2.24, 2.45) is 0 Å². The molecule has 0 bridgehead atoms. The van der Waals surface area contributed by atoms with Crippen molar-refractivity contribution >= 4 is 17.3 Å². The third-order valence-electron chi connectivity index (χ3n) is 4.95. The molecule has 1 aliphatic carbocycles. The van der Waals surface area contributed by atoms with Gasteiger partial charge in [0.05, 0.1) is 0 Å². The Kier molecular flexibility index (Phi) is 5.48. The van der Waals surface area contributed by atoms with Crippen molar-refractivity contribution in [2.45, 2.75) is 19.3 Å². The minimum Gasteiger partial charge on any atom is -0.277 e. The monoisotopic (exact) mass is 365 g/mol. The zero-order valence-corrected chi connectivity index (χ0v) is 15.8. The zero-order valence-electron chi connectivity index (χ0n) is 15.8. The van der Waals surface area contributed by atoms with E-state index in [0.29, 0.717) is 0 Å². The molecule has 2 nitrogen and oxygen atoms in total. The first-order chi connectivity index (χ1) is 13.8. The van der Waals surface area contributed by atoms with E-state index in [1.165, 1.54) is 5.57 Å². The van der Waals surface area contributed by atoms with Gasteiger partial charge in [-0.05, 0) is 60.7 Å². The SMILES string of the molecule is O=C(c1ccccc1CC1=CCCC=C1)N(c1ccccc1)c1ccccc1. The molecule has 0 radical (unpaired) electrons. The third kappa shape index (κ3) is 3.96. The van der Waals surface area contributed by atoms with Gasteiger partial charge < -0.3 is 0 Å². The molecule has 138 valence electrons. The van der Waals surface area contributed by atoms with Gasteiger partial charge in [0.1, 0.15) is 0 Å². The van der Waals surface area contributed by atoms with E-state index in [9.17, 15) is 4.79 Å². The molecule has 4 rings (SSSR count). The van der Waals surface area contributed by atoms with E-state index >= 15 is 0 Å². The molecule has 0 atom stereocenters. The summed E-state index contributed by atoms with van der Waals surface area (Å²) in [6.07, 6.45) is 9.60. The third-order valence-corrected chi connectivity index (χ3v) is 4.95. The Morgan fingerprint density at radius 2 is 1.36 bits per heavy atom. The number of hydrogen-bond acceptors (Lipinski definition) is 1. The number of benzene rings is 3. The summed E-state index contributed by atoms with van der Waals surface area (Å²) >= 11 is 0.